The van der Waals surface area contributed by atoms with Crippen molar-refractivity contribution in [3.63, 3.8) is 0 Å². The first kappa shape index (κ1) is 19.2. The van der Waals surface area contributed by atoms with E-state index in [0.29, 0.717) is 32.3 Å². The number of esters is 1. The maximum atomic E-state index is 13.3. The highest BCUT2D eigenvalue weighted by molar-refractivity contribution is 6.18. The van der Waals surface area contributed by atoms with Crippen LogP contribution < -0.4 is 0 Å². The lowest BCUT2D eigenvalue weighted by molar-refractivity contribution is -0.258. The minimum atomic E-state index is -1.20. The van der Waals surface area contributed by atoms with Gasteiger partial charge in [0.25, 0.3) is 0 Å². The normalized spacial score (nSPS) is 29.9. The van der Waals surface area contributed by atoms with Crippen LogP contribution in [0.4, 0.5) is 0 Å². The molecule has 0 radical (unpaired) electrons. The van der Waals surface area contributed by atoms with Gasteiger partial charge in [-0.3, -0.25) is 9.59 Å². The first-order chi connectivity index (χ1) is 12.5. The molecule has 0 aromatic carbocycles. The van der Waals surface area contributed by atoms with Crippen LogP contribution in [0.5, 0.6) is 0 Å². The number of hydrogen-bond donors (Lipinski definition) is 0. The van der Waals surface area contributed by atoms with E-state index < -0.39 is 29.4 Å². The standard InChI is InChI=1S/C20H28O6/c1-3-14(21)25-15-16(26-20(24-4-2)12-8-9-13-20)18(23)19(17(15)22)10-6-5-7-11-19/h3,15-16H,1,4-13H2,2H3. The molecule has 0 heterocycles. The second kappa shape index (κ2) is 7.61. The molecule has 6 heteroatoms. The second-order valence-corrected chi connectivity index (χ2v) is 7.52. The summed E-state index contributed by atoms with van der Waals surface area (Å²) >= 11 is 0. The van der Waals surface area contributed by atoms with Gasteiger partial charge < -0.3 is 14.2 Å². The number of ether oxygens (including phenoxy) is 3. The largest absolute Gasteiger partial charge is 0.448 e. The van der Waals surface area contributed by atoms with E-state index in [0.717, 1.165) is 38.2 Å². The summed E-state index contributed by atoms with van der Waals surface area (Å²) in [4.78, 5) is 38.2. The summed E-state index contributed by atoms with van der Waals surface area (Å²) < 4.78 is 17.3. The summed E-state index contributed by atoms with van der Waals surface area (Å²) in [5.41, 5.74) is -1.07. The van der Waals surface area contributed by atoms with Crippen LogP contribution in [0.15, 0.2) is 12.7 Å². The van der Waals surface area contributed by atoms with Crippen molar-refractivity contribution in [3.05, 3.63) is 12.7 Å². The van der Waals surface area contributed by atoms with Gasteiger partial charge in [0, 0.05) is 25.5 Å². The molecular weight excluding hydrogens is 336 g/mol. The molecule has 3 rings (SSSR count). The Bertz CT molecular complexity index is 583. The molecule has 3 saturated carbocycles. The number of hydrogen-bond acceptors (Lipinski definition) is 6. The van der Waals surface area contributed by atoms with Crippen molar-refractivity contribution >= 4 is 17.5 Å². The lowest BCUT2D eigenvalue weighted by Gasteiger charge is -2.33. The Hall–Kier alpha value is -1.53. The van der Waals surface area contributed by atoms with E-state index in [9.17, 15) is 14.4 Å². The zero-order chi connectivity index (χ0) is 18.8. The molecule has 0 bridgehead atoms. The molecule has 6 nitrogen and oxygen atoms in total. The third-order valence-electron chi connectivity index (χ3n) is 5.97. The SMILES string of the molecule is C=CC(=O)OC1C(=O)C2(CCCCC2)C(=O)C1OC1(OCC)CCCC1. The lowest BCUT2D eigenvalue weighted by Crippen LogP contribution is -2.45. The van der Waals surface area contributed by atoms with E-state index in [1.807, 2.05) is 6.92 Å². The third kappa shape index (κ3) is 3.25. The number of rotatable bonds is 6. The topological polar surface area (TPSA) is 78.9 Å². The number of carbonyl (C=O) groups excluding carboxylic acids is 3. The molecule has 0 aromatic heterocycles. The maximum Gasteiger partial charge on any atom is 0.330 e. The van der Waals surface area contributed by atoms with Gasteiger partial charge in [-0.1, -0.05) is 25.8 Å². The van der Waals surface area contributed by atoms with E-state index in [-0.39, 0.29) is 11.6 Å². The Morgan fingerprint density at radius 3 is 2.19 bits per heavy atom. The van der Waals surface area contributed by atoms with Gasteiger partial charge in [0.2, 0.25) is 0 Å². The van der Waals surface area contributed by atoms with E-state index in [1.54, 1.807) is 0 Å². The van der Waals surface area contributed by atoms with E-state index in [2.05, 4.69) is 6.58 Å². The van der Waals surface area contributed by atoms with Crippen LogP contribution in [0, 0.1) is 5.41 Å². The molecule has 3 aliphatic rings. The fraction of sp³-hybridized carbons (Fsp3) is 0.750. The van der Waals surface area contributed by atoms with Gasteiger partial charge in [0.05, 0.1) is 5.41 Å². The Labute approximate surface area is 154 Å². The minimum absolute atomic E-state index is 0.241. The van der Waals surface area contributed by atoms with Crippen LogP contribution in [0.3, 0.4) is 0 Å². The molecule has 3 fully saturated rings. The summed E-state index contributed by atoms with van der Waals surface area (Å²) in [6, 6.07) is 0. The summed E-state index contributed by atoms with van der Waals surface area (Å²) in [5.74, 6) is -2.13. The number of ketones is 2. The van der Waals surface area contributed by atoms with Crippen molar-refractivity contribution < 1.29 is 28.6 Å². The Balaban J connectivity index is 1.90. The van der Waals surface area contributed by atoms with Gasteiger partial charge in [0.15, 0.2) is 29.6 Å². The van der Waals surface area contributed by atoms with E-state index >= 15 is 0 Å². The summed E-state index contributed by atoms with van der Waals surface area (Å²) in [7, 11) is 0. The summed E-state index contributed by atoms with van der Waals surface area (Å²) in [6.07, 6.45) is 5.62. The van der Waals surface area contributed by atoms with Gasteiger partial charge in [-0.25, -0.2) is 4.79 Å². The fourth-order valence-corrected chi connectivity index (χ4v) is 4.70. The Kier molecular flexibility index (Phi) is 5.63. The van der Waals surface area contributed by atoms with Crippen molar-refractivity contribution in [2.45, 2.75) is 82.7 Å². The summed E-state index contributed by atoms with van der Waals surface area (Å²) in [5, 5.41) is 0. The van der Waals surface area contributed by atoms with Gasteiger partial charge in [-0.05, 0) is 32.6 Å². The molecule has 2 unspecified atom stereocenters. The Morgan fingerprint density at radius 1 is 1.04 bits per heavy atom. The number of carbonyl (C=O) groups is 3. The monoisotopic (exact) mass is 364 g/mol. The molecule has 0 amide bonds. The summed E-state index contributed by atoms with van der Waals surface area (Å²) in [6.45, 7) is 5.72. The average Bonchev–Trinajstić information content (AvgIpc) is 3.17. The molecule has 0 saturated heterocycles. The van der Waals surface area contributed by atoms with Crippen molar-refractivity contribution in [2.24, 2.45) is 5.41 Å². The van der Waals surface area contributed by atoms with Gasteiger partial charge in [-0.15, -0.1) is 0 Å². The van der Waals surface area contributed by atoms with Crippen LogP contribution >= 0.6 is 0 Å². The van der Waals surface area contributed by atoms with Crippen molar-refractivity contribution in [1.82, 2.24) is 0 Å². The van der Waals surface area contributed by atoms with Crippen molar-refractivity contribution in [2.75, 3.05) is 6.61 Å². The minimum Gasteiger partial charge on any atom is -0.448 e. The highest BCUT2D eigenvalue weighted by Gasteiger charge is 2.63. The number of Topliss-reactive ketones (excluding diaryl/α,β-unsaturated/α-hetero) is 2. The molecule has 3 aliphatic carbocycles. The maximum absolute atomic E-state index is 13.3. The first-order valence-electron chi connectivity index (χ1n) is 9.71. The third-order valence-corrected chi connectivity index (χ3v) is 5.97. The molecule has 0 aliphatic heterocycles. The fourth-order valence-electron chi connectivity index (χ4n) is 4.70. The van der Waals surface area contributed by atoms with Gasteiger partial charge in [0.1, 0.15) is 0 Å². The van der Waals surface area contributed by atoms with Gasteiger partial charge in [-0.2, -0.15) is 0 Å². The zero-order valence-corrected chi connectivity index (χ0v) is 15.5. The molecule has 0 N–H and O–H groups in total. The predicted molar refractivity (Wildman–Crippen MR) is 93.3 cm³/mol. The second-order valence-electron chi connectivity index (χ2n) is 7.52. The Morgan fingerprint density at radius 2 is 1.62 bits per heavy atom. The quantitative estimate of drug-likeness (QED) is 0.312. The highest BCUT2D eigenvalue weighted by atomic mass is 16.7. The highest BCUT2D eigenvalue weighted by Crippen LogP contribution is 2.48. The van der Waals surface area contributed by atoms with Gasteiger partial charge >= 0.3 is 5.97 Å². The molecule has 26 heavy (non-hydrogen) atoms. The predicted octanol–water partition coefficient (Wildman–Crippen LogP) is 2.88. The van der Waals surface area contributed by atoms with Crippen LogP contribution in [0.25, 0.3) is 0 Å². The van der Waals surface area contributed by atoms with Crippen LogP contribution in [0.1, 0.15) is 64.7 Å². The van der Waals surface area contributed by atoms with Crippen molar-refractivity contribution in [1.29, 1.82) is 0 Å². The molecule has 2 atom stereocenters. The van der Waals surface area contributed by atoms with E-state index in [1.165, 1.54) is 0 Å². The lowest BCUT2D eigenvalue weighted by atomic mass is 9.71. The van der Waals surface area contributed by atoms with E-state index in [4.69, 9.17) is 14.2 Å². The molecule has 1 spiro atoms. The average molecular weight is 364 g/mol. The molecule has 144 valence electrons. The molecular formula is C20H28O6. The van der Waals surface area contributed by atoms with Crippen LogP contribution in [-0.2, 0) is 28.6 Å². The van der Waals surface area contributed by atoms with Crippen molar-refractivity contribution in [3.8, 4) is 0 Å². The van der Waals surface area contributed by atoms with Crippen LogP contribution in [-0.4, -0.2) is 42.1 Å². The smallest absolute Gasteiger partial charge is 0.330 e. The first-order valence-corrected chi connectivity index (χ1v) is 9.71. The van der Waals surface area contributed by atoms with Crippen LogP contribution in [0.2, 0.25) is 0 Å². The molecule has 0 aromatic rings. The zero-order valence-electron chi connectivity index (χ0n) is 15.5.